The highest BCUT2D eigenvalue weighted by Gasteiger charge is 2.19. The quantitative estimate of drug-likeness (QED) is 0.616. The third-order valence-corrected chi connectivity index (χ3v) is 3.41. The second-order valence-corrected chi connectivity index (χ2v) is 5.03. The first-order valence-electron chi connectivity index (χ1n) is 5.11. The number of nitrogens with zero attached hydrogens (tertiary/aromatic N) is 1. The minimum absolute atomic E-state index is 0.222. The molecule has 0 atom stereocenters. The summed E-state index contributed by atoms with van der Waals surface area (Å²) in [6.07, 6.45) is 8.22. The van der Waals surface area contributed by atoms with Crippen LogP contribution in [0.2, 0.25) is 0 Å². The van der Waals surface area contributed by atoms with Crippen molar-refractivity contribution in [2.24, 2.45) is 0 Å². The highest BCUT2D eigenvalue weighted by Crippen LogP contribution is 2.09. The molecular weight excluding hydrogens is 243 g/mol. The predicted octanol–water partition coefficient (Wildman–Crippen LogP) is 1.30. The van der Waals surface area contributed by atoms with Gasteiger partial charge in [-0.2, -0.15) is 0 Å². The number of terminal acetylenes is 1. The van der Waals surface area contributed by atoms with Crippen LogP contribution in [0.15, 0.2) is 23.4 Å². The Morgan fingerprint density at radius 2 is 2.24 bits per heavy atom. The van der Waals surface area contributed by atoms with E-state index in [0.29, 0.717) is 12.8 Å². The number of sulfonamides is 1. The molecule has 0 spiro atoms. The van der Waals surface area contributed by atoms with Crippen molar-refractivity contribution in [1.29, 1.82) is 0 Å². The Morgan fingerprint density at radius 3 is 2.88 bits per heavy atom. The second kappa shape index (κ2) is 6.33. The molecular formula is C11H13FN2O2S. The average molecular weight is 256 g/mol. The molecule has 0 saturated carbocycles. The van der Waals surface area contributed by atoms with Crippen molar-refractivity contribution in [3.8, 4) is 12.3 Å². The average Bonchev–Trinajstić information content (AvgIpc) is 2.29. The molecule has 1 N–H and O–H groups in total. The van der Waals surface area contributed by atoms with Crippen LogP contribution in [-0.2, 0) is 10.0 Å². The minimum Gasteiger partial charge on any atom is -0.241 e. The summed E-state index contributed by atoms with van der Waals surface area (Å²) in [6, 6.07) is 2.39. The fraction of sp³-hybridized carbons (Fsp3) is 0.364. The van der Waals surface area contributed by atoms with Crippen LogP contribution >= 0.6 is 0 Å². The molecule has 1 aromatic heterocycles. The van der Waals surface area contributed by atoms with Crippen LogP contribution in [0.25, 0.3) is 0 Å². The number of nitrogens with one attached hydrogen (secondary N) is 1. The van der Waals surface area contributed by atoms with Crippen molar-refractivity contribution < 1.29 is 12.8 Å². The summed E-state index contributed by atoms with van der Waals surface area (Å²) in [5, 5.41) is -0.572. The van der Waals surface area contributed by atoms with Gasteiger partial charge in [0, 0.05) is 19.2 Å². The first-order valence-corrected chi connectivity index (χ1v) is 6.60. The van der Waals surface area contributed by atoms with Crippen LogP contribution in [0.3, 0.4) is 0 Å². The molecule has 0 fully saturated rings. The van der Waals surface area contributed by atoms with Gasteiger partial charge in [-0.15, -0.1) is 12.3 Å². The number of unbranched alkanes of at least 4 members (excludes halogenated alkanes) is 2. The number of rotatable bonds is 6. The van der Waals surface area contributed by atoms with Crippen LogP contribution in [0.4, 0.5) is 4.39 Å². The summed E-state index contributed by atoms with van der Waals surface area (Å²) in [6.45, 7) is 0.222. The molecule has 0 aliphatic rings. The molecule has 0 radical (unpaired) electrons. The first kappa shape index (κ1) is 13.6. The van der Waals surface area contributed by atoms with Crippen molar-refractivity contribution in [3.63, 3.8) is 0 Å². The van der Waals surface area contributed by atoms with Gasteiger partial charge in [0.2, 0.25) is 5.03 Å². The van der Waals surface area contributed by atoms with Crippen LogP contribution in [0.1, 0.15) is 19.3 Å². The van der Waals surface area contributed by atoms with E-state index in [-0.39, 0.29) is 6.54 Å². The van der Waals surface area contributed by atoms with Crippen LogP contribution < -0.4 is 4.72 Å². The van der Waals surface area contributed by atoms with E-state index in [1.165, 1.54) is 12.3 Å². The molecule has 0 aliphatic carbocycles. The van der Waals surface area contributed by atoms with Gasteiger partial charge in [-0.25, -0.2) is 22.5 Å². The number of pyridine rings is 1. The summed E-state index contributed by atoms with van der Waals surface area (Å²) in [4.78, 5) is 3.51. The molecule has 0 saturated heterocycles. The summed E-state index contributed by atoms with van der Waals surface area (Å²) in [5.41, 5.74) is 0. The fourth-order valence-corrected chi connectivity index (χ4v) is 2.27. The van der Waals surface area contributed by atoms with Crippen molar-refractivity contribution in [2.45, 2.75) is 24.3 Å². The van der Waals surface area contributed by atoms with E-state index >= 15 is 0 Å². The molecule has 0 unspecified atom stereocenters. The Kier molecular flexibility index (Phi) is 5.07. The lowest BCUT2D eigenvalue weighted by Gasteiger charge is -2.05. The van der Waals surface area contributed by atoms with Gasteiger partial charge < -0.3 is 0 Å². The summed E-state index contributed by atoms with van der Waals surface area (Å²) in [5.74, 6) is 1.60. The molecule has 0 aromatic carbocycles. The van der Waals surface area contributed by atoms with E-state index in [0.717, 1.165) is 12.5 Å². The van der Waals surface area contributed by atoms with Gasteiger partial charge in [-0.1, -0.05) is 0 Å². The molecule has 4 nitrogen and oxygen atoms in total. The second-order valence-electron chi connectivity index (χ2n) is 3.35. The van der Waals surface area contributed by atoms with Crippen LogP contribution in [0.5, 0.6) is 0 Å². The zero-order chi connectivity index (χ0) is 12.7. The molecule has 92 valence electrons. The van der Waals surface area contributed by atoms with E-state index in [2.05, 4.69) is 15.6 Å². The van der Waals surface area contributed by atoms with Crippen molar-refractivity contribution in [1.82, 2.24) is 9.71 Å². The maximum absolute atomic E-state index is 13.2. The topological polar surface area (TPSA) is 59.1 Å². The highest BCUT2D eigenvalue weighted by molar-refractivity contribution is 7.89. The summed E-state index contributed by atoms with van der Waals surface area (Å²) in [7, 11) is -3.87. The fourth-order valence-electron chi connectivity index (χ4n) is 1.20. The zero-order valence-corrected chi connectivity index (χ0v) is 10.0. The van der Waals surface area contributed by atoms with Gasteiger partial charge in [-0.05, 0) is 25.0 Å². The summed E-state index contributed by atoms with van der Waals surface area (Å²) >= 11 is 0. The lowest BCUT2D eigenvalue weighted by Crippen LogP contribution is -2.26. The van der Waals surface area contributed by atoms with Gasteiger partial charge >= 0.3 is 0 Å². The largest absolute Gasteiger partial charge is 0.261 e. The number of hydrogen-bond donors (Lipinski definition) is 1. The minimum atomic E-state index is -3.87. The third-order valence-electron chi connectivity index (χ3n) is 2.02. The predicted molar refractivity (Wildman–Crippen MR) is 62.1 cm³/mol. The lowest BCUT2D eigenvalue weighted by molar-refractivity contribution is 0.542. The van der Waals surface area contributed by atoms with E-state index in [1.54, 1.807) is 0 Å². The molecule has 1 rings (SSSR count). The Bertz CT molecular complexity index is 508. The SMILES string of the molecule is C#CCCCCNS(=O)(=O)c1ncccc1F. The van der Waals surface area contributed by atoms with Crippen molar-refractivity contribution >= 4 is 10.0 Å². The number of aromatic nitrogens is 1. The monoisotopic (exact) mass is 256 g/mol. The van der Waals surface area contributed by atoms with Gasteiger partial charge in [0.05, 0.1) is 0 Å². The van der Waals surface area contributed by atoms with Gasteiger partial charge in [0.25, 0.3) is 10.0 Å². The molecule has 0 bridgehead atoms. The Hall–Kier alpha value is -1.45. The standard InChI is InChI=1S/C11H13FN2O2S/c1-2-3-4-5-9-14-17(15,16)11-10(12)7-6-8-13-11/h1,6-8,14H,3-5,9H2. The molecule has 17 heavy (non-hydrogen) atoms. The van der Waals surface area contributed by atoms with Gasteiger partial charge in [0.1, 0.15) is 0 Å². The normalized spacial score (nSPS) is 11.1. The van der Waals surface area contributed by atoms with E-state index in [4.69, 9.17) is 6.42 Å². The summed E-state index contributed by atoms with van der Waals surface area (Å²) < 4.78 is 38.7. The smallest absolute Gasteiger partial charge is 0.241 e. The molecule has 0 amide bonds. The zero-order valence-electron chi connectivity index (χ0n) is 9.19. The van der Waals surface area contributed by atoms with Crippen LogP contribution in [0, 0.1) is 18.2 Å². The molecule has 0 aliphatic heterocycles. The first-order chi connectivity index (χ1) is 8.08. The van der Waals surface area contributed by atoms with E-state index < -0.39 is 20.9 Å². The Labute approximate surface area is 100 Å². The number of halogens is 1. The molecule has 1 heterocycles. The maximum atomic E-state index is 13.2. The molecule has 6 heteroatoms. The lowest BCUT2D eigenvalue weighted by atomic mass is 10.2. The maximum Gasteiger partial charge on any atom is 0.261 e. The Balaban J connectivity index is 2.59. The van der Waals surface area contributed by atoms with Crippen molar-refractivity contribution in [2.75, 3.05) is 6.54 Å². The van der Waals surface area contributed by atoms with E-state index in [1.807, 2.05) is 0 Å². The van der Waals surface area contributed by atoms with Gasteiger partial charge in [0.15, 0.2) is 5.82 Å². The van der Waals surface area contributed by atoms with Crippen molar-refractivity contribution in [3.05, 3.63) is 24.1 Å². The molecule has 1 aromatic rings. The van der Waals surface area contributed by atoms with Crippen LogP contribution in [-0.4, -0.2) is 19.9 Å². The highest BCUT2D eigenvalue weighted by atomic mass is 32.2. The van der Waals surface area contributed by atoms with E-state index in [9.17, 15) is 12.8 Å². The Morgan fingerprint density at radius 1 is 1.47 bits per heavy atom. The van der Waals surface area contributed by atoms with Gasteiger partial charge in [-0.3, -0.25) is 0 Å². The third kappa shape index (κ3) is 4.13. The number of hydrogen-bond acceptors (Lipinski definition) is 3.